The number of nitrogens with one attached hydrogen (secondary N) is 6. The third kappa shape index (κ3) is 23.1. The van der Waals surface area contributed by atoms with Crippen molar-refractivity contribution in [3.63, 3.8) is 0 Å². The molecule has 0 unspecified atom stereocenters. The number of carboxylic acid groups (broad SMARTS) is 2. The molecule has 30 heteroatoms. The fraction of sp³-hybridized carbons (Fsp3) is 0.424. The van der Waals surface area contributed by atoms with Gasteiger partial charge in [-0.05, 0) is 89.1 Å². The van der Waals surface area contributed by atoms with Crippen LogP contribution in [0.15, 0.2) is 133 Å². The molecule has 506 valence electrons. The van der Waals surface area contributed by atoms with Crippen LogP contribution in [0.1, 0.15) is 81.0 Å². The molecule has 7 rings (SSSR count). The van der Waals surface area contributed by atoms with Crippen LogP contribution >= 0.6 is 23.5 Å². The Morgan fingerprint density at radius 1 is 0.490 bits per heavy atom. The minimum absolute atomic E-state index is 0. The summed E-state index contributed by atoms with van der Waals surface area (Å²) in [4.78, 5) is 102. The minimum atomic E-state index is -2.61. The van der Waals surface area contributed by atoms with E-state index >= 15 is 0 Å². The molecule has 0 aromatic heterocycles. The molecule has 5 aromatic rings. The van der Waals surface area contributed by atoms with Gasteiger partial charge in [0.05, 0.1) is 49.7 Å². The third-order valence-electron chi connectivity index (χ3n) is 15.4. The second kappa shape index (κ2) is 39.7. The SMILES string of the molecule is CC(=O)N[C@H]1[C@H]([C@H](O)[C@H](O)CNC(=O)c2ccc(-c3ccccc3)cc2)O[C@@](OCCCSCCNC(=O)c2cccc(C(=O)NCCSCCCO[C@]3(C(=O)[O-])C[C@H](O)[C@@H](NC(C)=O)[C@H]([C@H](O)[C@H](O)CNC(=O)c4ccc(-c5ccccc5)cc4)O3)c2)(C(=O)[O-])C[C@@H]1O.[Na+].[Na+]. The summed E-state index contributed by atoms with van der Waals surface area (Å²) < 4.78 is 22.9. The van der Waals surface area contributed by atoms with Crippen molar-refractivity contribution < 1.29 is 157 Å². The molecule has 0 saturated carbocycles. The number of amides is 6. The maximum absolute atomic E-state index is 13.1. The molecule has 2 fully saturated rings. The van der Waals surface area contributed by atoms with Crippen LogP contribution in [0.25, 0.3) is 22.3 Å². The predicted octanol–water partition coefficient (Wildman–Crippen LogP) is -6.73. The number of ether oxygens (including phenoxy) is 4. The summed E-state index contributed by atoms with van der Waals surface area (Å²) in [7, 11) is 0. The van der Waals surface area contributed by atoms with E-state index in [1.54, 1.807) is 54.6 Å². The summed E-state index contributed by atoms with van der Waals surface area (Å²) >= 11 is 2.78. The Hall–Kier alpha value is -5.84. The molecule has 0 radical (unpaired) electrons. The quantitative estimate of drug-likeness (QED) is 0.0135. The van der Waals surface area contributed by atoms with Crippen molar-refractivity contribution in [1.29, 1.82) is 0 Å². The molecule has 12 N–H and O–H groups in total. The largest absolute Gasteiger partial charge is 1.00 e. The van der Waals surface area contributed by atoms with Gasteiger partial charge >= 0.3 is 59.1 Å². The molecule has 0 bridgehead atoms. The fourth-order valence-corrected chi connectivity index (χ4v) is 12.1. The number of aliphatic hydroxyl groups is 6. The average molecular weight is 1390 g/mol. The number of carbonyl (C=O) groups excluding carboxylic acids is 8. The number of benzene rings is 5. The van der Waals surface area contributed by atoms with Crippen molar-refractivity contribution in [2.24, 2.45) is 0 Å². The number of hydrogen-bond donors (Lipinski definition) is 12. The van der Waals surface area contributed by atoms with Crippen LogP contribution in [-0.4, -0.2) is 213 Å². The van der Waals surface area contributed by atoms with Crippen molar-refractivity contribution in [2.45, 2.75) is 112 Å². The molecular formula is C66H78N6Na2O20S2. The van der Waals surface area contributed by atoms with Crippen LogP contribution in [-0.2, 0) is 38.1 Å². The summed E-state index contributed by atoms with van der Waals surface area (Å²) in [5.74, 6) is -10.7. The van der Waals surface area contributed by atoms with Crippen LogP contribution in [0, 0.1) is 0 Å². The molecule has 12 atom stereocenters. The Labute approximate surface area is 607 Å². The maximum Gasteiger partial charge on any atom is 1.00 e. The van der Waals surface area contributed by atoms with E-state index < -0.39 is 146 Å². The van der Waals surface area contributed by atoms with E-state index in [4.69, 9.17) is 18.9 Å². The van der Waals surface area contributed by atoms with Gasteiger partial charge in [0.2, 0.25) is 23.4 Å². The number of aliphatic hydroxyl groups excluding tert-OH is 6. The van der Waals surface area contributed by atoms with Crippen LogP contribution in [0.5, 0.6) is 0 Å². The second-order valence-corrected chi connectivity index (χ2v) is 24.8. The normalized spacial score (nSPS) is 21.8. The summed E-state index contributed by atoms with van der Waals surface area (Å²) in [5.41, 5.74) is 4.54. The Balaban J connectivity index is 0.00000833. The zero-order chi connectivity index (χ0) is 68.0. The van der Waals surface area contributed by atoms with Crippen molar-refractivity contribution in [3.8, 4) is 22.3 Å². The topological polar surface area (TPSA) is 413 Å². The van der Waals surface area contributed by atoms with Gasteiger partial charge in [-0.2, -0.15) is 23.5 Å². The Morgan fingerprint density at radius 2 is 0.833 bits per heavy atom. The molecule has 5 aromatic carbocycles. The van der Waals surface area contributed by atoms with Gasteiger partial charge in [0, 0.05) is 86.6 Å². The van der Waals surface area contributed by atoms with Crippen molar-refractivity contribution in [3.05, 3.63) is 156 Å². The van der Waals surface area contributed by atoms with Gasteiger partial charge in [-0.3, -0.25) is 28.8 Å². The first-order chi connectivity index (χ1) is 45.0. The van der Waals surface area contributed by atoms with E-state index in [2.05, 4.69) is 31.9 Å². The van der Waals surface area contributed by atoms with E-state index in [0.29, 0.717) is 23.0 Å². The van der Waals surface area contributed by atoms with E-state index in [1.807, 2.05) is 60.7 Å². The first kappa shape index (κ1) is 80.8. The number of aliphatic carboxylic acids is 2. The minimum Gasteiger partial charge on any atom is -0.544 e. The van der Waals surface area contributed by atoms with E-state index in [-0.39, 0.29) is 121 Å². The first-order valence-electron chi connectivity index (χ1n) is 30.4. The predicted molar refractivity (Wildman–Crippen MR) is 341 cm³/mol. The average Bonchev–Trinajstić information content (AvgIpc) is 0.776. The molecule has 96 heavy (non-hydrogen) atoms. The standard InChI is InChI=1S/C66H80N6O20S2.2Na/c1-39(73)71-53-49(75)35-65(63(85)86,91-57(53)55(79)51(77)37-69-59(81)45-22-18-43(19-23-45)41-12-5-3-6-13-41)89-28-10-30-93-32-26-67-61(83)47-16-9-17-48(34-47)62(84)68-27-33-94-31-11-29-90-66(64(87)88)36-50(76)54(72-40(2)74)58(92-66)56(80)52(78)38-70-60(82)46-24-20-44(21-25-46)42-14-7-4-8-15-42;;/h3-9,12-25,34,49-58,75-80H,10-11,26-33,35-38H2,1-2H3,(H,67,83)(H,68,84)(H,69,81)(H,70,82)(H,71,73)(H,72,74)(H,85,86)(H,87,88);;/q;2*+1/p-2/t49-,50-,51+,52+,53+,54+,55+,56+,57+,58+,65+,66+;;/m0../s1. The number of rotatable bonds is 34. The Morgan fingerprint density at radius 3 is 1.18 bits per heavy atom. The summed E-state index contributed by atoms with van der Waals surface area (Å²) in [6.45, 7) is 1.15. The van der Waals surface area contributed by atoms with Crippen molar-refractivity contribution in [2.75, 3.05) is 62.4 Å². The number of hydrogen-bond acceptors (Lipinski definition) is 22. The van der Waals surface area contributed by atoms with Gasteiger partial charge in [0.1, 0.15) is 36.4 Å². The molecule has 6 amide bonds. The zero-order valence-corrected chi connectivity index (χ0v) is 59.2. The molecule has 2 aliphatic heterocycles. The van der Waals surface area contributed by atoms with Crippen molar-refractivity contribution in [1.82, 2.24) is 31.9 Å². The number of thioether (sulfide) groups is 2. The van der Waals surface area contributed by atoms with Gasteiger partial charge in [-0.25, -0.2) is 0 Å². The monoisotopic (exact) mass is 1380 g/mol. The third-order valence-corrected chi connectivity index (χ3v) is 17.5. The smallest absolute Gasteiger partial charge is 0.544 e. The van der Waals surface area contributed by atoms with Gasteiger partial charge in [0.25, 0.3) is 23.6 Å². The molecule has 0 aliphatic carbocycles. The van der Waals surface area contributed by atoms with Crippen LogP contribution < -0.4 is 101 Å². The number of carboxylic acids is 2. The Kier molecular flexibility index (Phi) is 33.4. The van der Waals surface area contributed by atoms with Gasteiger partial charge in [0.15, 0.2) is 0 Å². The molecule has 2 aliphatic rings. The van der Waals surface area contributed by atoms with Crippen LogP contribution in [0.4, 0.5) is 0 Å². The molecule has 2 heterocycles. The maximum atomic E-state index is 13.1. The second-order valence-electron chi connectivity index (χ2n) is 22.4. The van der Waals surface area contributed by atoms with Crippen molar-refractivity contribution >= 4 is 70.9 Å². The van der Waals surface area contributed by atoms with E-state index in [9.17, 15) is 79.2 Å². The molecule has 2 saturated heterocycles. The zero-order valence-electron chi connectivity index (χ0n) is 53.6. The summed E-state index contributed by atoms with van der Waals surface area (Å²) in [6.07, 6.45) is -15.2. The molecular weight excluding hydrogens is 1310 g/mol. The summed E-state index contributed by atoms with van der Waals surface area (Å²) in [6, 6.07) is 35.5. The van der Waals surface area contributed by atoms with Gasteiger partial charge in [-0.1, -0.05) is 91.0 Å². The van der Waals surface area contributed by atoms with Crippen LogP contribution in [0.2, 0.25) is 0 Å². The number of carbonyl (C=O) groups is 8. The first-order valence-corrected chi connectivity index (χ1v) is 32.7. The van der Waals surface area contributed by atoms with Crippen LogP contribution in [0.3, 0.4) is 0 Å². The van der Waals surface area contributed by atoms with E-state index in [1.165, 1.54) is 41.7 Å². The fourth-order valence-electron chi connectivity index (χ4n) is 10.5. The molecule has 0 spiro atoms. The van der Waals surface area contributed by atoms with Gasteiger partial charge in [-0.15, -0.1) is 0 Å². The Bertz CT molecular complexity index is 3140. The summed E-state index contributed by atoms with van der Waals surface area (Å²) in [5, 5.41) is 108. The van der Waals surface area contributed by atoms with E-state index in [0.717, 1.165) is 36.1 Å². The molecule has 26 nitrogen and oxygen atoms in total. The van der Waals surface area contributed by atoms with Gasteiger partial charge < -0.3 is 101 Å².